The maximum Gasteiger partial charge on any atom is 0.344 e. The van der Waals surface area contributed by atoms with Crippen LogP contribution >= 0.6 is 11.8 Å². The van der Waals surface area contributed by atoms with Crippen LogP contribution in [0.3, 0.4) is 0 Å². The van der Waals surface area contributed by atoms with E-state index >= 15 is 0 Å². The molecule has 2 aromatic rings. The first-order valence-corrected chi connectivity index (χ1v) is 9.32. The number of thioether (sulfide) groups is 1. The van der Waals surface area contributed by atoms with Crippen LogP contribution in [0.25, 0.3) is 0 Å². The molecule has 7 nitrogen and oxygen atoms in total. The number of hydrogen-bond acceptors (Lipinski definition) is 5. The van der Waals surface area contributed by atoms with Gasteiger partial charge in [-0.05, 0) is 44.4 Å². The van der Waals surface area contributed by atoms with Crippen LogP contribution in [0.5, 0.6) is 0 Å². The number of nitrogens with one attached hydrogen (secondary N) is 2. The third-order valence-electron chi connectivity index (χ3n) is 4.22. The number of anilines is 1. The van der Waals surface area contributed by atoms with Gasteiger partial charge in [0.1, 0.15) is 5.82 Å². The van der Waals surface area contributed by atoms with Crippen molar-refractivity contribution in [2.75, 3.05) is 11.9 Å². The minimum absolute atomic E-state index is 0.00989. The molecule has 0 spiro atoms. The van der Waals surface area contributed by atoms with Crippen LogP contribution in [-0.4, -0.2) is 38.6 Å². The Morgan fingerprint density at radius 2 is 2.38 bits per heavy atom. The van der Waals surface area contributed by atoms with Gasteiger partial charge in [-0.15, -0.1) is 5.10 Å². The highest BCUT2D eigenvalue weighted by Crippen LogP contribution is 2.23. The third-order valence-corrected chi connectivity index (χ3v) is 5.31. The second kappa shape index (κ2) is 8.05. The number of aromatic amines is 1. The summed E-state index contributed by atoms with van der Waals surface area (Å²) in [5.74, 6) is -0.668. The zero-order valence-electron chi connectivity index (χ0n) is 14.6. The molecule has 140 valence electrons. The number of aryl methyl sites for hydroxylation is 1. The summed E-state index contributed by atoms with van der Waals surface area (Å²) in [7, 11) is 0. The standard InChI is InChI=1S/C17H21FN4O3S/c1-10-5-6-12(8-14(10)18)19-15(23)11(2)26-17-21-20-16(24)22(17)9-13-4-3-7-25-13/h5-6,8,11,13H,3-4,7,9H2,1-2H3,(H,19,23)(H,20,24)/t11-,13+/m0/s1. The van der Waals surface area contributed by atoms with Crippen molar-refractivity contribution in [1.82, 2.24) is 14.8 Å². The molecule has 2 N–H and O–H groups in total. The molecule has 1 amide bonds. The molecule has 9 heteroatoms. The van der Waals surface area contributed by atoms with Crippen LogP contribution in [0.2, 0.25) is 0 Å². The molecule has 1 aliphatic heterocycles. The molecule has 1 aromatic carbocycles. The Morgan fingerprint density at radius 3 is 3.08 bits per heavy atom. The highest BCUT2D eigenvalue weighted by atomic mass is 32.2. The lowest BCUT2D eigenvalue weighted by molar-refractivity contribution is -0.115. The van der Waals surface area contributed by atoms with E-state index in [0.29, 0.717) is 29.6 Å². The topological polar surface area (TPSA) is 89.0 Å². The van der Waals surface area contributed by atoms with Gasteiger partial charge in [-0.25, -0.2) is 14.3 Å². The Balaban J connectivity index is 1.65. The molecule has 1 aliphatic rings. The lowest BCUT2D eigenvalue weighted by Crippen LogP contribution is -2.27. The highest BCUT2D eigenvalue weighted by Gasteiger charge is 2.23. The fourth-order valence-electron chi connectivity index (χ4n) is 2.67. The molecule has 1 saturated heterocycles. The summed E-state index contributed by atoms with van der Waals surface area (Å²) in [4.78, 5) is 24.3. The average Bonchev–Trinajstić information content (AvgIpc) is 3.23. The number of amides is 1. The van der Waals surface area contributed by atoms with Gasteiger partial charge in [0.15, 0.2) is 5.16 Å². The Bertz CT molecular complexity index is 845. The highest BCUT2D eigenvalue weighted by molar-refractivity contribution is 8.00. The quantitative estimate of drug-likeness (QED) is 0.751. The van der Waals surface area contributed by atoms with Crippen molar-refractivity contribution in [3.63, 3.8) is 0 Å². The first-order chi connectivity index (χ1) is 12.4. The number of rotatable bonds is 6. The van der Waals surface area contributed by atoms with E-state index in [1.54, 1.807) is 26.0 Å². The third kappa shape index (κ3) is 4.34. The lowest BCUT2D eigenvalue weighted by atomic mass is 10.2. The molecule has 0 saturated carbocycles. The van der Waals surface area contributed by atoms with Crippen LogP contribution in [-0.2, 0) is 16.1 Å². The first kappa shape index (κ1) is 18.7. The summed E-state index contributed by atoms with van der Waals surface area (Å²) in [6.45, 7) is 4.48. The second-order valence-electron chi connectivity index (χ2n) is 6.27. The molecule has 3 rings (SSSR count). The van der Waals surface area contributed by atoms with Gasteiger partial charge in [-0.1, -0.05) is 17.8 Å². The number of H-pyrrole nitrogens is 1. The first-order valence-electron chi connectivity index (χ1n) is 8.44. The van der Waals surface area contributed by atoms with Crippen molar-refractivity contribution in [2.45, 2.75) is 49.7 Å². The van der Waals surface area contributed by atoms with Gasteiger partial charge < -0.3 is 10.1 Å². The molecule has 2 atom stereocenters. The number of hydrogen-bond donors (Lipinski definition) is 2. The van der Waals surface area contributed by atoms with Gasteiger partial charge in [-0.3, -0.25) is 9.36 Å². The number of halogens is 1. The Kier molecular flexibility index (Phi) is 5.77. The molecule has 0 unspecified atom stereocenters. The maximum absolute atomic E-state index is 13.6. The average molecular weight is 380 g/mol. The van der Waals surface area contributed by atoms with E-state index in [1.165, 1.54) is 22.4 Å². The predicted molar refractivity (Wildman–Crippen MR) is 96.9 cm³/mol. The van der Waals surface area contributed by atoms with E-state index in [2.05, 4.69) is 15.5 Å². The summed E-state index contributed by atoms with van der Waals surface area (Å²) < 4.78 is 20.7. The maximum atomic E-state index is 13.6. The molecule has 1 aromatic heterocycles. The van der Waals surface area contributed by atoms with Gasteiger partial charge in [0.05, 0.1) is 17.9 Å². The Morgan fingerprint density at radius 1 is 1.58 bits per heavy atom. The second-order valence-corrected chi connectivity index (χ2v) is 7.58. The summed E-state index contributed by atoms with van der Waals surface area (Å²) in [5.41, 5.74) is 0.584. The van der Waals surface area contributed by atoms with Crippen molar-refractivity contribution in [3.8, 4) is 0 Å². The van der Waals surface area contributed by atoms with Gasteiger partial charge >= 0.3 is 5.69 Å². The number of carbonyl (C=O) groups is 1. The van der Waals surface area contributed by atoms with Crippen LogP contribution in [0.4, 0.5) is 10.1 Å². The Hall–Kier alpha value is -2.13. The molecule has 0 aliphatic carbocycles. The molecule has 0 radical (unpaired) electrons. The van der Waals surface area contributed by atoms with E-state index in [0.717, 1.165) is 12.8 Å². The number of nitrogens with zero attached hydrogens (tertiary/aromatic N) is 2. The van der Waals surface area contributed by atoms with Crippen molar-refractivity contribution in [2.24, 2.45) is 0 Å². The normalized spacial score (nSPS) is 18.0. The minimum atomic E-state index is -0.516. The fourth-order valence-corrected chi connectivity index (χ4v) is 3.54. The van der Waals surface area contributed by atoms with Crippen molar-refractivity contribution >= 4 is 23.4 Å². The summed E-state index contributed by atoms with van der Waals surface area (Å²) in [5, 5.41) is 9.02. The molecule has 26 heavy (non-hydrogen) atoms. The summed E-state index contributed by atoms with van der Waals surface area (Å²) in [6.07, 6.45) is 1.87. The van der Waals surface area contributed by atoms with Crippen molar-refractivity contribution < 1.29 is 13.9 Å². The zero-order valence-corrected chi connectivity index (χ0v) is 15.4. The van der Waals surface area contributed by atoms with Crippen molar-refractivity contribution in [1.29, 1.82) is 0 Å². The largest absolute Gasteiger partial charge is 0.376 e. The minimum Gasteiger partial charge on any atom is -0.376 e. The lowest BCUT2D eigenvalue weighted by Gasteiger charge is -2.14. The number of carbonyl (C=O) groups excluding carboxylic acids is 1. The van der Waals surface area contributed by atoms with Crippen LogP contribution in [0.1, 0.15) is 25.3 Å². The van der Waals surface area contributed by atoms with Crippen molar-refractivity contribution in [3.05, 3.63) is 40.1 Å². The number of aromatic nitrogens is 3. The molecule has 0 bridgehead atoms. The molecular formula is C17H21FN4O3S. The van der Waals surface area contributed by atoms with Crippen LogP contribution in [0.15, 0.2) is 28.2 Å². The summed E-state index contributed by atoms with van der Waals surface area (Å²) >= 11 is 1.17. The SMILES string of the molecule is Cc1ccc(NC(=O)[C@H](C)Sc2n[nH]c(=O)n2C[C@H]2CCCO2)cc1F. The van der Waals surface area contributed by atoms with E-state index < -0.39 is 5.25 Å². The summed E-state index contributed by atoms with van der Waals surface area (Å²) in [6, 6.07) is 4.54. The van der Waals surface area contributed by atoms with Gasteiger partial charge in [-0.2, -0.15) is 0 Å². The predicted octanol–water partition coefficient (Wildman–Crippen LogP) is 2.32. The van der Waals surface area contributed by atoms with Gasteiger partial charge in [0.25, 0.3) is 0 Å². The van der Waals surface area contributed by atoms with Crippen LogP contribution < -0.4 is 11.0 Å². The van der Waals surface area contributed by atoms with E-state index in [9.17, 15) is 14.0 Å². The molecule has 1 fully saturated rings. The number of ether oxygens (including phenoxy) is 1. The fraction of sp³-hybridized carbons (Fsp3) is 0.471. The van der Waals surface area contributed by atoms with E-state index in [4.69, 9.17) is 4.74 Å². The Labute approximate surface area is 154 Å². The van der Waals surface area contributed by atoms with Gasteiger partial charge in [0.2, 0.25) is 5.91 Å². The number of benzene rings is 1. The van der Waals surface area contributed by atoms with E-state index in [-0.39, 0.29) is 23.5 Å². The van der Waals surface area contributed by atoms with Crippen LogP contribution in [0, 0.1) is 12.7 Å². The zero-order chi connectivity index (χ0) is 18.7. The smallest absolute Gasteiger partial charge is 0.344 e. The molecular weight excluding hydrogens is 359 g/mol. The van der Waals surface area contributed by atoms with Gasteiger partial charge in [0, 0.05) is 12.3 Å². The molecule has 2 heterocycles. The van der Waals surface area contributed by atoms with E-state index in [1.807, 2.05) is 0 Å². The monoisotopic (exact) mass is 380 g/mol.